The fourth-order valence-electron chi connectivity index (χ4n) is 3.57. The first-order valence-corrected chi connectivity index (χ1v) is 12.2. The van der Waals surface area contributed by atoms with Crippen molar-refractivity contribution in [3.63, 3.8) is 0 Å². The van der Waals surface area contributed by atoms with Crippen molar-refractivity contribution in [1.29, 1.82) is 0 Å². The molecule has 0 spiro atoms. The molecule has 1 aromatic carbocycles. The molecule has 0 amide bonds. The van der Waals surface area contributed by atoms with Gasteiger partial charge in [-0.3, -0.25) is 14.3 Å². The lowest BCUT2D eigenvalue weighted by Crippen LogP contribution is -2.40. The quantitative estimate of drug-likeness (QED) is 0.427. The van der Waals surface area contributed by atoms with Crippen molar-refractivity contribution in [2.75, 3.05) is 6.26 Å². The van der Waals surface area contributed by atoms with Crippen molar-refractivity contribution >= 4 is 35.1 Å². The minimum atomic E-state index is -0.604. The number of allylic oxidation sites excluding steroid dienone is 1. The van der Waals surface area contributed by atoms with Gasteiger partial charge in [0.2, 0.25) is 0 Å². The van der Waals surface area contributed by atoms with E-state index in [2.05, 4.69) is 9.98 Å². The summed E-state index contributed by atoms with van der Waals surface area (Å²) in [5.41, 5.74) is 2.47. The zero-order valence-corrected chi connectivity index (χ0v) is 19.9. The lowest BCUT2D eigenvalue weighted by atomic mass is 9.96. The van der Waals surface area contributed by atoms with Crippen LogP contribution >= 0.6 is 23.1 Å². The van der Waals surface area contributed by atoms with E-state index in [0.717, 1.165) is 16.0 Å². The van der Waals surface area contributed by atoms with Crippen LogP contribution in [-0.4, -0.2) is 27.9 Å². The summed E-state index contributed by atoms with van der Waals surface area (Å²) in [4.78, 5) is 36.9. The number of rotatable bonds is 5. The number of thioether (sulfide) groups is 1. The molecule has 8 heteroatoms. The van der Waals surface area contributed by atoms with Crippen LogP contribution in [0.2, 0.25) is 0 Å². The van der Waals surface area contributed by atoms with E-state index < -0.39 is 12.0 Å². The van der Waals surface area contributed by atoms with Gasteiger partial charge in [0, 0.05) is 17.3 Å². The van der Waals surface area contributed by atoms with Crippen molar-refractivity contribution in [3.8, 4) is 0 Å². The summed E-state index contributed by atoms with van der Waals surface area (Å²) in [7, 11) is 0. The number of thiazole rings is 1. The van der Waals surface area contributed by atoms with Gasteiger partial charge in [-0.2, -0.15) is 0 Å². The van der Waals surface area contributed by atoms with Crippen LogP contribution in [0.25, 0.3) is 6.08 Å². The Morgan fingerprint density at radius 3 is 2.50 bits per heavy atom. The minimum Gasteiger partial charge on any atom is -0.459 e. The van der Waals surface area contributed by atoms with E-state index >= 15 is 0 Å². The zero-order valence-electron chi connectivity index (χ0n) is 18.2. The Kier molecular flexibility index (Phi) is 6.43. The highest BCUT2D eigenvalue weighted by atomic mass is 32.2. The molecule has 1 aliphatic heterocycles. The van der Waals surface area contributed by atoms with Gasteiger partial charge in [-0.15, -0.1) is 11.8 Å². The molecule has 3 heterocycles. The molecule has 2 aromatic heterocycles. The Balaban J connectivity index is 1.94. The Bertz CT molecular complexity index is 1350. The average Bonchev–Trinajstić information content (AvgIpc) is 3.07. The van der Waals surface area contributed by atoms with E-state index in [1.54, 1.807) is 49.5 Å². The molecule has 0 aliphatic carbocycles. The van der Waals surface area contributed by atoms with E-state index in [-0.39, 0.29) is 11.7 Å². The molecule has 0 bridgehead atoms. The topological polar surface area (TPSA) is 73.6 Å². The molecule has 164 valence electrons. The molecule has 1 unspecified atom stereocenters. The maximum absolute atomic E-state index is 13.5. The largest absolute Gasteiger partial charge is 0.459 e. The first kappa shape index (κ1) is 22.2. The molecule has 3 aromatic rings. The second-order valence-corrected chi connectivity index (χ2v) is 9.48. The van der Waals surface area contributed by atoms with Crippen LogP contribution in [0.15, 0.2) is 74.7 Å². The van der Waals surface area contributed by atoms with E-state index in [1.807, 2.05) is 48.7 Å². The van der Waals surface area contributed by atoms with Crippen LogP contribution < -0.4 is 14.9 Å². The lowest BCUT2D eigenvalue weighted by molar-refractivity contribution is -0.143. The monoisotopic (exact) mass is 465 g/mol. The first-order valence-electron chi connectivity index (χ1n) is 10.2. The van der Waals surface area contributed by atoms with Gasteiger partial charge in [-0.1, -0.05) is 23.5 Å². The highest BCUT2D eigenvalue weighted by molar-refractivity contribution is 7.98. The molecule has 0 saturated heterocycles. The predicted molar refractivity (Wildman–Crippen MR) is 127 cm³/mol. The maximum atomic E-state index is 13.5. The van der Waals surface area contributed by atoms with Crippen LogP contribution in [0.5, 0.6) is 0 Å². The van der Waals surface area contributed by atoms with Crippen molar-refractivity contribution in [1.82, 2.24) is 9.55 Å². The number of aromatic nitrogens is 2. The molecule has 0 fully saturated rings. The van der Waals surface area contributed by atoms with E-state index in [0.29, 0.717) is 20.6 Å². The van der Waals surface area contributed by atoms with Crippen LogP contribution in [0.1, 0.15) is 37.9 Å². The number of carbonyl (C=O) groups excluding carboxylic acids is 1. The van der Waals surface area contributed by atoms with Gasteiger partial charge in [0.1, 0.15) is 0 Å². The highest BCUT2D eigenvalue weighted by Gasteiger charge is 2.33. The van der Waals surface area contributed by atoms with Gasteiger partial charge in [0.25, 0.3) is 5.56 Å². The number of pyridine rings is 1. The number of nitrogens with zero attached hydrogens (tertiary/aromatic N) is 3. The normalized spacial score (nSPS) is 16.2. The fraction of sp³-hybridized carbons (Fsp3) is 0.250. The van der Waals surface area contributed by atoms with Gasteiger partial charge in [0.05, 0.1) is 27.9 Å². The molecule has 0 N–H and O–H groups in total. The predicted octanol–water partition coefficient (Wildman–Crippen LogP) is 3.30. The molecular weight excluding hydrogens is 442 g/mol. The van der Waals surface area contributed by atoms with Crippen molar-refractivity contribution < 1.29 is 9.53 Å². The van der Waals surface area contributed by atoms with Crippen molar-refractivity contribution in [3.05, 3.63) is 90.9 Å². The summed E-state index contributed by atoms with van der Waals surface area (Å²) in [5.74, 6) is -0.455. The van der Waals surface area contributed by atoms with Gasteiger partial charge in [-0.25, -0.2) is 9.79 Å². The third-order valence-corrected chi connectivity index (χ3v) is 6.75. The minimum absolute atomic E-state index is 0.188. The van der Waals surface area contributed by atoms with Crippen LogP contribution in [0.3, 0.4) is 0 Å². The Morgan fingerprint density at radius 2 is 1.88 bits per heavy atom. The van der Waals surface area contributed by atoms with Gasteiger partial charge < -0.3 is 4.74 Å². The first-order chi connectivity index (χ1) is 15.4. The van der Waals surface area contributed by atoms with Gasteiger partial charge in [0.15, 0.2) is 4.80 Å². The molecule has 1 atom stereocenters. The summed E-state index contributed by atoms with van der Waals surface area (Å²) in [6.07, 6.45) is 6.92. The molecule has 6 nitrogen and oxygen atoms in total. The molecule has 0 radical (unpaired) electrons. The standard InChI is InChI=1S/C24H23N3O3S2/c1-14(2)30-23(29)20-15(3)26-24-27(21(20)17-5-7-18(31-4)8-6-17)22(28)19(32-24)13-16-9-11-25-12-10-16/h5-14,21H,1-4H3. The smallest absolute Gasteiger partial charge is 0.338 e. The summed E-state index contributed by atoms with van der Waals surface area (Å²) < 4.78 is 7.68. The number of fused-ring (bicyclic) bond motifs is 1. The molecule has 4 rings (SSSR count). The van der Waals surface area contributed by atoms with Gasteiger partial charge in [-0.05, 0) is 68.5 Å². The number of ether oxygens (including phenoxy) is 1. The molecule has 32 heavy (non-hydrogen) atoms. The number of carbonyl (C=O) groups is 1. The van der Waals surface area contributed by atoms with E-state index in [4.69, 9.17) is 4.74 Å². The fourth-order valence-corrected chi connectivity index (χ4v) is 5.03. The van der Waals surface area contributed by atoms with E-state index in [1.165, 1.54) is 11.3 Å². The third kappa shape index (κ3) is 4.33. The molecule has 0 saturated carbocycles. The summed E-state index contributed by atoms with van der Waals surface area (Å²) in [5, 5.41) is 0. The van der Waals surface area contributed by atoms with E-state index in [9.17, 15) is 9.59 Å². The number of hydrogen-bond acceptors (Lipinski definition) is 7. The van der Waals surface area contributed by atoms with Crippen molar-refractivity contribution in [2.45, 2.75) is 37.8 Å². The molecular formula is C24H23N3O3S2. The second-order valence-electron chi connectivity index (χ2n) is 7.59. The highest BCUT2D eigenvalue weighted by Crippen LogP contribution is 2.31. The molecule has 1 aliphatic rings. The Labute approximate surface area is 194 Å². The SMILES string of the molecule is CSc1ccc(C2C(C(=O)OC(C)C)=C(C)N=c3sc(=Cc4ccncc4)c(=O)n32)cc1. The van der Waals surface area contributed by atoms with Crippen LogP contribution in [0.4, 0.5) is 0 Å². The average molecular weight is 466 g/mol. The second kappa shape index (κ2) is 9.26. The van der Waals surface area contributed by atoms with Crippen LogP contribution in [-0.2, 0) is 9.53 Å². The zero-order chi connectivity index (χ0) is 22.8. The number of benzene rings is 1. The Morgan fingerprint density at radius 1 is 1.19 bits per heavy atom. The lowest BCUT2D eigenvalue weighted by Gasteiger charge is -2.25. The summed E-state index contributed by atoms with van der Waals surface area (Å²) >= 11 is 2.95. The van der Waals surface area contributed by atoms with Crippen LogP contribution in [0, 0.1) is 0 Å². The summed E-state index contributed by atoms with van der Waals surface area (Å²) in [6.45, 7) is 5.40. The maximum Gasteiger partial charge on any atom is 0.338 e. The van der Waals surface area contributed by atoms with Crippen molar-refractivity contribution in [2.24, 2.45) is 4.99 Å². The summed E-state index contributed by atoms with van der Waals surface area (Å²) in [6, 6.07) is 11.0. The Hall–Kier alpha value is -2.97. The number of hydrogen-bond donors (Lipinski definition) is 0. The third-order valence-electron chi connectivity index (χ3n) is 5.02. The number of esters is 1. The van der Waals surface area contributed by atoms with Gasteiger partial charge >= 0.3 is 5.97 Å².